The van der Waals surface area contributed by atoms with Crippen LogP contribution in [0.4, 0.5) is 26.0 Å². The van der Waals surface area contributed by atoms with Crippen molar-refractivity contribution in [3.63, 3.8) is 0 Å². The van der Waals surface area contributed by atoms with Crippen molar-refractivity contribution in [2.45, 2.75) is 32.4 Å². The third-order valence-corrected chi connectivity index (χ3v) is 5.57. The molecule has 0 unspecified atom stereocenters. The third-order valence-electron chi connectivity index (χ3n) is 5.57. The monoisotopic (exact) mass is 446 g/mol. The van der Waals surface area contributed by atoms with Crippen LogP contribution in [0, 0.1) is 17.1 Å². The van der Waals surface area contributed by atoms with Gasteiger partial charge < -0.3 is 25.5 Å². The summed E-state index contributed by atoms with van der Waals surface area (Å²) in [7, 11) is 1.46. The highest BCUT2D eigenvalue weighted by molar-refractivity contribution is 6.09. The fourth-order valence-corrected chi connectivity index (χ4v) is 3.76. The first-order chi connectivity index (χ1) is 15.1. The normalized spacial score (nSPS) is 15.6. The summed E-state index contributed by atoms with van der Waals surface area (Å²) in [4.78, 5) is 17.9. The molecule has 2 heterocycles. The molecule has 0 atom stereocenters. The number of aromatic carboxylic acids is 1. The molecule has 0 saturated carbocycles. The molecule has 1 aromatic carbocycles. The smallest absolute Gasteiger partial charge is 0.354 e. The molecule has 2 aromatic rings. The predicted octanol–water partition coefficient (Wildman–Crippen LogP) is 4.64. The van der Waals surface area contributed by atoms with Gasteiger partial charge in [0.1, 0.15) is 17.3 Å². The molecule has 1 saturated heterocycles. The number of hydrogen-bond donors (Lipinski definition) is 3. The van der Waals surface area contributed by atoms with E-state index in [1.54, 1.807) is 0 Å². The van der Waals surface area contributed by atoms with Crippen LogP contribution in [0.25, 0.3) is 0 Å². The molecule has 0 spiro atoms. The summed E-state index contributed by atoms with van der Waals surface area (Å²) in [5.74, 6) is -1.59. The number of nitrogens with one attached hydrogen (secondary N) is 2. The molecule has 32 heavy (non-hydrogen) atoms. The van der Waals surface area contributed by atoms with Gasteiger partial charge in [0.2, 0.25) is 0 Å². The Bertz CT molecular complexity index is 987. The summed E-state index contributed by atoms with van der Waals surface area (Å²) in [6.45, 7) is 4.42. The van der Waals surface area contributed by atoms with Gasteiger partial charge in [-0.2, -0.15) is 0 Å². The molecule has 3 rings (SSSR count). The maximum Gasteiger partial charge on any atom is 0.354 e. The van der Waals surface area contributed by atoms with E-state index in [1.165, 1.54) is 37.4 Å². The van der Waals surface area contributed by atoms with E-state index in [4.69, 9.17) is 10.1 Å². The van der Waals surface area contributed by atoms with E-state index < -0.39 is 17.5 Å². The number of ether oxygens (including phenoxy) is 1. The number of pyridine rings is 1. The Morgan fingerprint density at radius 1 is 1.31 bits per heavy atom. The van der Waals surface area contributed by atoms with Gasteiger partial charge in [-0.25, -0.2) is 18.6 Å². The molecule has 1 aliphatic heterocycles. The highest BCUT2D eigenvalue weighted by Gasteiger charge is 2.36. The minimum atomic E-state index is -1.44. The van der Waals surface area contributed by atoms with Crippen LogP contribution in [0.2, 0.25) is 0 Å². The number of anilines is 3. The Morgan fingerprint density at radius 2 is 1.94 bits per heavy atom. The van der Waals surface area contributed by atoms with E-state index >= 15 is 0 Å². The van der Waals surface area contributed by atoms with Crippen molar-refractivity contribution in [1.82, 2.24) is 4.98 Å². The lowest BCUT2D eigenvalue weighted by Crippen LogP contribution is -2.45. The second-order valence-electron chi connectivity index (χ2n) is 8.33. The molecule has 9 heteroatoms. The van der Waals surface area contributed by atoms with Gasteiger partial charge in [0.15, 0.2) is 5.69 Å². The number of carbonyl (C=O) groups is 1. The van der Waals surface area contributed by atoms with Crippen molar-refractivity contribution >= 4 is 28.9 Å². The van der Waals surface area contributed by atoms with Crippen LogP contribution >= 0.6 is 0 Å². The van der Waals surface area contributed by atoms with Gasteiger partial charge in [0.25, 0.3) is 0 Å². The molecule has 1 aromatic heterocycles. The second kappa shape index (κ2) is 9.60. The largest absolute Gasteiger partial charge is 0.477 e. The molecule has 1 fully saturated rings. The predicted molar refractivity (Wildman–Crippen MR) is 120 cm³/mol. The van der Waals surface area contributed by atoms with Crippen LogP contribution in [-0.4, -0.2) is 54.2 Å². The second-order valence-corrected chi connectivity index (χ2v) is 8.33. The first-order valence-corrected chi connectivity index (χ1v) is 10.5. The number of aromatic nitrogens is 1. The lowest BCUT2D eigenvalue weighted by Gasteiger charge is -2.38. The molecule has 1 aliphatic rings. The number of nitrogens with zero attached hydrogens (tertiary/aromatic N) is 2. The molecular weight excluding hydrogens is 418 g/mol. The van der Waals surface area contributed by atoms with Gasteiger partial charge in [0.05, 0.1) is 17.9 Å². The van der Waals surface area contributed by atoms with Crippen LogP contribution in [0.15, 0.2) is 30.3 Å². The molecule has 0 amide bonds. The summed E-state index contributed by atoms with van der Waals surface area (Å²) in [5.41, 5.74) is 0.107. The fraction of sp³-hybridized carbons (Fsp3) is 0.435. The summed E-state index contributed by atoms with van der Waals surface area (Å²) in [6, 6.07) is 7.01. The van der Waals surface area contributed by atoms with Gasteiger partial charge in [0, 0.05) is 44.4 Å². The minimum absolute atomic E-state index is 0.00358. The van der Waals surface area contributed by atoms with Crippen molar-refractivity contribution in [2.24, 2.45) is 5.92 Å². The topological polar surface area (TPSA) is 98.5 Å². The number of alkyl halides is 1. The van der Waals surface area contributed by atoms with E-state index in [0.29, 0.717) is 30.0 Å². The van der Waals surface area contributed by atoms with E-state index in [-0.39, 0.29) is 42.6 Å². The summed E-state index contributed by atoms with van der Waals surface area (Å²) >= 11 is 0. The van der Waals surface area contributed by atoms with E-state index in [9.17, 15) is 18.7 Å². The Balaban J connectivity index is 2.08. The number of hydrogen-bond acceptors (Lipinski definition) is 6. The van der Waals surface area contributed by atoms with Crippen molar-refractivity contribution in [3.8, 4) is 0 Å². The molecule has 7 nitrogen and oxygen atoms in total. The van der Waals surface area contributed by atoms with Crippen LogP contribution in [-0.2, 0) is 4.74 Å². The van der Waals surface area contributed by atoms with Crippen molar-refractivity contribution in [2.75, 3.05) is 37.0 Å². The quantitative estimate of drug-likeness (QED) is 0.511. The highest BCUT2D eigenvalue weighted by atomic mass is 19.1. The van der Waals surface area contributed by atoms with Gasteiger partial charge >= 0.3 is 5.97 Å². The van der Waals surface area contributed by atoms with Gasteiger partial charge in [-0.1, -0.05) is 13.8 Å². The van der Waals surface area contributed by atoms with Crippen LogP contribution in [0.1, 0.15) is 42.7 Å². The molecular formula is C23H28F2N4O3. The van der Waals surface area contributed by atoms with Crippen molar-refractivity contribution < 1.29 is 23.4 Å². The number of methoxy groups -OCH3 is 1. The van der Waals surface area contributed by atoms with Crippen molar-refractivity contribution in [1.29, 1.82) is 5.41 Å². The van der Waals surface area contributed by atoms with E-state index in [1.807, 2.05) is 18.7 Å². The molecule has 0 radical (unpaired) electrons. The van der Waals surface area contributed by atoms with Crippen LogP contribution in [0.5, 0.6) is 0 Å². The Hall–Kier alpha value is -3.07. The zero-order chi connectivity index (χ0) is 23.5. The SMILES string of the molecule is COCC1(F)CCN(c2cc(C(=O)O)nc(Nc3ccc(F)cc3)c2C(=N)C(C)C)CC1. The average molecular weight is 446 g/mol. The zero-order valence-corrected chi connectivity index (χ0v) is 18.4. The van der Waals surface area contributed by atoms with Gasteiger partial charge in [-0.05, 0) is 36.2 Å². The molecule has 3 N–H and O–H groups in total. The fourth-order valence-electron chi connectivity index (χ4n) is 3.76. The summed E-state index contributed by atoms with van der Waals surface area (Å²) in [6.07, 6.45) is 0.446. The number of piperidine rings is 1. The first kappa shape index (κ1) is 23.6. The van der Waals surface area contributed by atoms with Crippen molar-refractivity contribution in [3.05, 3.63) is 47.4 Å². The summed E-state index contributed by atoms with van der Waals surface area (Å²) in [5, 5.41) is 21.4. The maximum absolute atomic E-state index is 14.9. The Morgan fingerprint density at radius 3 is 2.47 bits per heavy atom. The third kappa shape index (κ3) is 5.21. The summed E-state index contributed by atoms with van der Waals surface area (Å²) < 4.78 is 33.3. The number of carboxylic acids is 1. The van der Waals surface area contributed by atoms with Crippen LogP contribution in [0.3, 0.4) is 0 Å². The van der Waals surface area contributed by atoms with Gasteiger partial charge in [-0.3, -0.25) is 0 Å². The molecule has 0 bridgehead atoms. The standard InChI is InChI=1S/C23H28F2N4O3/c1-14(2)20(26)19-18(29-10-8-23(25,9-11-29)13-32-3)12-17(22(30)31)28-21(19)27-16-6-4-15(24)5-7-16/h4-7,12,14,26H,8-11,13H2,1-3H3,(H,27,28)(H,30,31). The highest BCUT2D eigenvalue weighted by Crippen LogP contribution is 2.36. The molecule has 0 aliphatic carbocycles. The minimum Gasteiger partial charge on any atom is -0.477 e. The molecule has 172 valence electrons. The Kier molecular flexibility index (Phi) is 7.08. The Labute approximate surface area is 185 Å². The zero-order valence-electron chi connectivity index (χ0n) is 18.4. The number of rotatable bonds is 8. The average Bonchev–Trinajstić information content (AvgIpc) is 2.75. The number of carboxylic acid groups (broad SMARTS) is 1. The lowest BCUT2D eigenvalue weighted by molar-refractivity contribution is 0.0227. The number of benzene rings is 1. The number of halogens is 2. The maximum atomic E-state index is 14.9. The van der Waals surface area contributed by atoms with E-state index in [2.05, 4.69) is 10.3 Å². The van der Waals surface area contributed by atoms with Crippen LogP contribution < -0.4 is 10.2 Å². The lowest BCUT2D eigenvalue weighted by atomic mass is 9.92. The van der Waals surface area contributed by atoms with E-state index in [0.717, 1.165) is 0 Å². The van der Waals surface area contributed by atoms with Gasteiger partial charge in [-0.15, -0.1) is 0 Å². The first-order valence-electron chi connectivity index (χ1n) is 10.5.